The van der Waals surface area contributed by atoms with Crippen molar-refractivity contribution >= 4 is 33.4 Å². The summed E-state index contributed by atoms with van der Waals surface area (Å²) in [5.74, 6) is -0.340. The van der Waals surface area contributed by atoms with Crippen LogP contribution in [0, 0.1) is 5.92 Å². The van der Waals surface area contributed by atoms with Gasteiger partial charge in [-0.3, -0.25) is 9.59 Å². The number of carbonyl (C=O) groups is 2. The Morgan fingerprint density at radius 3 is 2.34 bits per heavy atom. The Kier molecular flexibility index (Phi) is 6.89. The molecule has 0 saturated heterocycles. The first-order valence-electron chi connectivity index (χ1n) is 9.27. The maximum absolute atomic E-state index is 12.3. The van der Waals surface area contributed by atoms with Crippen molar-refractivity contribution in [3.63, 3.8) is 0 Å². The summed E-state index contributed by atoms with van der Waals surface area (Å²) in [5.41, 5.74) is 0.592. The largest absolute Gasteiger partial charge is 0.350 e. The molecule has 0 spiro atoms. The van der Waals surface area contributed by atoms with Gasteiger partial charge in [-0.25, -0.2) is 13.1 Å². The second kappa shape index (κ2) is 9.39. The van der Waals surface area contributed by atoms with Crippen LogP contribution in [0.4, 0.5) is 0 Å². The minimum Gasteiger partial charge on any atom is -0.350 e. The van der Waals surface area contributed by atoms with Crippen molar-refractivity contribution in [3.8, 4) is 0 Å². The quantitative estimate of drug-likeness (QED) is 0.525. The first kappa shape index (κ1) is 21.3. The number of nitrogens with one attached hydrogen (secondary N) is 3. The van der Waals surface area contributed by atoms with Gasteiger partial charge in [0.1, 0.15) is 0 Å². The third-order valence-electron chi connectivity index (χ3n) is 4.48. The van der Waals surface area contributed by atoms with Crippen LogP contribution >= 0.6 is 11.6 Å². The van der Waals surface area contributed by atoms with Crippen molar-refractivity contribution in [2.45, 2.75) is 17.7 Å². The van der Waals surface area contributed by atoms with Crippen molar-refractivity contribution in [2.75, 3.05) is 19.6 Å². The lowest BCUT2D eigenvalue weighted by Gasteiger charge is -2.10. The van der Waals surface area contributed by atoms with Crippen LogP contribution < -0.4 is 15.4 Å². The number of benzene rings is 2. The SMILES string of the molecule is O=C(NCCNC(=O)c1ccccc1Cl)c1cccc(S(=O)(=O)NCC2CC2)c1. The van der Waals surface area contributed by atoms with Crippen LogP contribution in [0.25, 0.3) is 0 Å². The fraction of sp³-hybridized carbons (Fsp3) is 0.300. The van der Waals surface area contributed by atoms with E-state index in [4.69, 9.17) is 11.6 Å². The van der Waals surface area contributed by atoms with E-state index < -0.39 is 15.9 Å². The predicted molar refractivity (Wildman–Crippen MR) is 110 cm³/mol. The van der Waals surface area contributed by atoms with Gasteiger partial charge in [0.15, 0.2) is 0 Å². The molecule has 3 N–H and O–H groups in total. The summed E-state index contributed by atoms with van der Waals surface area (Å²) in [6.07, 6.45) is 2.08. The molecule has 7 nitrogen and oxygen atoms in total. The highest BCUT2D eigenvalue weighted by Crippen LogP contribution is 2.28. The molecule has 3 rings (SSSR count). The molecule has 2 amide bonds. The van der Waals surface area contributed by atoms with Crippen LogP contribution in [-0.2, 0) is 10.0 Å². The zero-order valence-corrected chi connectivity index (χ0v) is 17.2. The third-order valence-corrected chi connectivity index (χ3v) is 6.23. The van der Waals surface area contributed by atoms with Gasteiger partial charge in [-0.2, -0.15) is 0 Å². The summed E-state index contributed by atoms with van der Waals surface area (Å²) in [4.78, 5) is 24.4. The van der Waals surface area contributed by atoms with Crippen molar-refractivity contribution in [2.24, 2.45) is 5.92 Å². The number of sulfonamides is 1. The van der Waals surface area contributed by atoms with Crippen LogP contribution in [0.15, 0.2) is 53.4 Å². The highest BCUT2D eigenvalue weighted by molar-refractivity contribution is 7.89. The van der Waals surface area contributed by atoms with E-state index in [-0.39, 0.29) is 29.5 Å². The molecule has 1 aliphatic rings. The zero-order valence-electron chi connectivity index (χ0n) is 15.7. The van der Waals surface area contributed by atoms with Crippen LogP contribution in [-0.4, -0.2) is 39.9 Å². The average Bonchev–Trinajstić information content (AvgIpc) is 3.54. The number of amides is 2. The molecule has 2 aromatic rings. The van der Waals surface area contributed by atoms with E-state index in [1.807, 2.05) is 0 Å². The molecule has 9 heteroatoms. The molecule has 1 aliphatic carbocycles. The number of hydrogen-bond donors (Lipinski definition) is 3. The first-order valence-corrected chi connectivity index (χ1v) is 11.1. The van der Waals surface area contributed by atoms with Crippen molar-refractivity contribution in [1.82, 2.24) is 15.4 Å². The lowest BCUT2D eigenvalue weighted by molar-refractivity contribution is 0.0927. The second-order valence-electron chi connectivity index (χ2n) is 6.81. The molecule has 2 aromatic carbocycles. The summed E-state index contributed by atoms with van der Waals surface area (Å²) in [6, 6.07) is 12.5. The van der Waals surface area contributed by atoms with E-state index in [9.17, 15) is 18.0 Å². The maximum Gasteiger partial charge on any atom is 0.252 e. The molecular formula is C20H22ClN3O4S. The van der Waals surface area contributed by atoms with Gasteiger partial charge in [0.05, 0.1) is 15.5 Å². The zero-order chi connectivity index (χ0) is 20.9. The highest BCUT2D eigenvalue weighted by atomic mass is 35.5. The van der Waals surface area contributed by atoms with Crippen LogP contribution in [0.2, 0.25) is 5.02 Å². The molecule has 1 fully saturated rings. The predicted octanol–water partition coefficient (Wildman–Crippen LogP) is 2.19. The fourth-order valence-corrected chi connectivity index (χ4v) is 4.02. The smallest absolute Gasteiger partial charge is 0.252 e. The molecule has 0 aromatic heterocycles. The van der Waals surface area contributed by atoms with Gasteiger partial charge in [-0.05, 0) is 49.1 Å². The Hall–Kier alpha value is -2.42. The normalized spacial score (nSPS) is 13.7. The maximum atomic E-state index is 12.3. The molecule has 29 heavy (non-hydrogen) atoms. The molecule has 0 radical (unpaired) electrons. The lowest BCUT2D eigenvalue weighted by atomic mass is 10.2. The Morgan fingerprint density at radius 2 is 1.66 bits per heavy atom. The molecule has 1 saturated carbocycles. The monoisotopic (exact) mass is 435 g/mol. The summed E-state index contributed by atoms with van der Waals surface area (Å²) >= 11 is 5.97. The fourth-order valence-electron chi connectivity index (χ4n) is 2.63. The number of hydrogen-bond acceptors (Lipinski definition) is 4. The Balaban J connectivity index is 1.50. The summed E-state index contributed by atoms with van der Waals surface area (Å²) < 4.78 is 27.2. The van der Waals surface area contributed by atoms with E-state index in [1.165, 1.54) is 24.3 Å². The molecule has 0 aliphatic heterocycles. The Labute approximate surface area is 174 Å². The van der Waals surface area contributed by atoms with Crippen molar-refractivity contribution < 1.29 is 18.0 Å². The van der Waals surface area contributed by atoms with Crippen LogP contribution in [0.5, 0.6) is 0 Å². The summed E-state index contributed by atoms with van der Waals surface area (Å²) in [6.45, 7) is 0.812. The minimum absolute atomic E-state index is 0.0535. The van der Waals surface area contributed by atoms with E-state index >= 15 is 0 Å². The van der Waals surface area contributed by atoms with Gasteiger partial charge in [0.25, 0.3) is 11.8 Å². The number of rotatable bonds is 9. The third kappa shape index (κ3) is 6.03. The Bertz CT molecular complexity index is 1010. The van der Waals surface area contributed by atoms with E-state index in [0.717, 1.165) is 12.8 Å². The van der Waals surface area contributed by atoms with Gasteiger partial charge in [0, 0.05) is 25.2 Å². The summed E-state index contributed by atoms with van der Waals surface area (Å²) in [5, 5.41) is 5.68. The molecule has 154 valence electrons. The average molecular weight is 436 g/mol. The van der Waals surface area contributed by atoms with E-state index in [2.05, 4.69) is 15.4 Å². The van der Waals surface area contributed by atoms with Crippen LogP contribution in [0.3, 0.4) is 0 Å². The van der Waals surface area contributed by atoms with Gasteiger partial charge >= 0.3 is 0 Å². The first-order chi connectivity index (χ1) is 13.9. The van der Waals surface area contributed by atoms with Gasteiger partial charge < -0.3 is 10.6 Å². The Morgan fingerprint density at radius 1 is 0.966 bits per heavy atom. The van der Waals surface area contributed by atoms with Crippen molar-refractivity contribution in [3.05, 3.63) is 64.7 Å². The van der Waals surface area contributed by atoms with Gasteiger partial charge in [0.2, 0.25) is 10.0 Å². The number of halogens is 1. The van der Waals surface area contributed by atoms with Gasteiger partial charge in [-0.1, -0.05) is 29.8 Å². The van der Waals surface area contributed by atoms with E-state index in [1.54, 1.807) is 24.3 Å². The molecule has 0 bridgehead atoms. The van der Waals surface area contributed by atoms with Gasteiger partial charge in [-0.15, -0.1) is 0 Å². The lowest BCUT2D eigenvalue weighted by Crippen LogP contribution is -2.35. The summed E-state index contributed by atoms with van der Waals surface area (Å²) in [7, 11) is -3.64. The minimum atomic E-state index is -3.64. The molecular weight excluding hydrogens is 414 g/mol. The molecule has 0 heterocycles. The second-order valence-corrected chi connectivity index (χ2v) is 8.99. The highest BCUT2D eigenvalue weighted by Gasteiger charge is 2.24. The van der Waals surface area contributed by atoms with Crippen LogP contribution in [0.1, 0.15) is 33.6 Å². The standard InChI is InChI=1S/C20H22ClN3O4S/c21-18-7-2-1-6-17(18)20(26)23-11-10-22-19(25)15-4-3-5-16(12-15)29(27,28)24-13-14-8-9-14/h1-7,12,14,24H,8-11,13H2,(H,22,25)(H,23,26). The molecule has 0 unspecified atom stereocenters. The van der Waals surface area contributed by atoms with Crippen molar-refractivity contribution in [1.29, 1.82) is 0 Å². The number of carbonyl (C=O) groups excluding carboxylic acids is 2. The molecule has 0 atom stereocenters. The van der Waals surface area contributed by atoms with E-state index in [0.29, 0.717) is 23.0 Å². The topological polar surface area (TPSA) is 104 Å².